The molecule has 1 fully saturated rings. The second-order valence-corrected chi connectivity index (χ2v) is 5.60. The minimum Gasteiger partial charge on any atom is -0.346 e. The lowest BCUT2D eigenvalue weighted by atomic mass is 10.1. The highest BCUT2D eigenvalue weighted by Crippen LogP contribution is 2.22. The van der Waals surface area contributed by atoms with Gasteiger partial charge in [-0.25, -0.2) is 0 Å². The zero-order valence-electron chi connectivity index (χ0n) is 12.0. The van der Waals surface area contributed by atoms with Gasteiger partial charge >= 0.3 is 0 Å². The third-order valence-electron chi connectivity index (χ3n) is 3.87. The van der Waals surface area contributed by atoms with E-state index in [4.69, 9.17) is 0 Å². The molecular formula is C15H24N2O. The molecule has 0 unspecified atom stereocenters. The van der Waals surface area contributed by atoms with Crippen LogP contribution in [0.15, 0.2) is 6.07 Å². The Hall–Kier alpha value is -1.25. The third-order valence-corrected chi connectivity index (χ3v) is 3.87. The summed E-state index contributed by atoms with van der Waals surface area (Å²) in [6.45, 7) is 10.3. The monoisotopic (exact) mass is 248 g/mol. The van der Waals surface area contributed by atoms with E-state index < -0.39 is 0 Å². The molecule has 3 heteroatoms. The molecule has 1 aliphatic heterocycles. The summed E-state index contributed by atoms with van der Waals surface area (Å²) in [4.78, 5) is 14.5. The molecule has 0 atom stereocenters. The van der Waals surface area contributed by atoms with Crippen LogP contribution in [-0.2, 0) is 0 Å². The second-order valence-electron chi connectivity index (χ2n) is 5.60. The third kappa shape index (κ3) is 2.31. The van der Waals surface area contributed by atoms with Crippen molar-refractivity contribution < 1.29 is 4.79 Å². The molecule has 0 aliphatic carbocycles. The van der Waals surface area contributed by atoms with E-state index in [0.29, 0.717) is 6.04 Å². The highest BCUT2D eigenvalue weighted by atomic mass is 16.2. The summed E-state index contributed by atoms with van der Waals surface area (Å²) in [6, 6.07) is 2.46. The van der Waals surface area contributed by atoms with Crippen LogP contribution in [0.3, 0.4) is 0 Å². The van der Waals surface area contributed by atoms with Crippen molar-refractivity contribution in [1.82, 2.24) is 9.47 Å². The van der Waals surface area contributed by atoms with Gasteiger partial charge in [0.25, 0.3) is 5.91 Å². The largest absolute Gasteiger partial charge is 0.346 e. The molecule has 1 aromatic heterocycles. The van der Waals surface area contributed by atoms with Crippen LogP contribution in [0, 0.1) is 13.8 Å². The van der Waals surface area contributed by atoms with Crippen LogP contribution in [0.5, 0.6) is 0 Å². The molecular weight excluding hydrogens is 224 g/mol. The van der Waals surface area contributed by atoms with Gasteiger partial charge in [0.15, 0.2) is 0 Å². The lowest BCUT2D eigenvalue weighted by Crippen LogP contribution is -2.35. The van der Waals surface area contributed by atoms with E-state index in [1.54, 1.807) is 0 Å². The van der Waals surface area contributed by atoms with Crippen LogP contribution in [0.2, 0.25) is 0 Å². The van der Waals surface area contributed by atoms with Gasteiger partial charge in [-0.2, -0.15) is 0 Å². The lowest BCUT2D eigenvalue weighted by molar-refractivity contribution is 0.0723. The van der Waals surface area contributed by atoms with Gasteiger partial charge in [0.05, 0.1) is 5.56 Å². The van der Waals surface area contributed by atoms with Crippen LogP contribution in [-0.4, -0.2) is 28.5 Å². The van der Waals surface area contributed by atoms with Crippen molar-refractivity contribution in [2.24, 2.45) is 0 Å². The van der Waals surface area contributed by atoms with E-state index in [2.05, 4.69) is 32.3 Å². The van der Waals surface area contributed by atoms with Gasteiger partial charge in [-0.15, -0.1) is 0 Å². The Morgan fingerprint density at radius 1 is 1.17 bits per heavy atom. The fraction of sp³-hybridized carbons (Fsp3) is 0.667. The summed E-state index contributed by atoms with van der Waals surface area (Å²) >= 11 is 0. The number of carbonyl (C=O) groups excluding carboxylic acids is 1. The first-order valence-electron chi connectivity index (χ1n) is 7.00. The number of likely N-dealkylation sites (tertiary alicyclic amines) is 1. The summed E-state index contributed by atoms with van der Waals surface area (Å²) in [5, 5.41) is 0. The molecule has 0 aromatic carbocycles. The maximum atomic E-state index is 12.5. The average molecular weight is 248 g/mol. The normalized spacial score (nSPS) is 16.4. The first kappa shape index (κ1) is 13.2. The van der Waals surface area contributed by atoms with Gasteiger partial charge in [-0.05, 0) is 53.0 Å². The van der Waals surface area contributed by atoms with E-state index in [1.807, 2.05) is 11.0 Å². The average Bonchev–Trinajstić information content (AvgIpc) is 2.65. The molecule has 100 valence electrons. The molecule has 2 heterocycles. The molecule has 1 amide bonds. The van der Waals surface area contributed by atoms with Crippen molar-refractivity contribution in [2.75, 3.05) is 13.1 Å². The zero-order valence-corrected chi connectivity index (χ0v) is 12.0. The predicted octanol–water partition coefficient (Wildman–Crippen LogP) is 3.31. The lowest BCUT2D eigenvalue weighted by Gasteiger charge is -2.26. The van der Waals surface area contributed by atoms with Crippen LogP contribution in [0.25, 0.3) is 0 Å². The zero-order chi connectivity index (χ0) is 13.3. The molecule has 2 rings (SSSR count). The molecule has 0 spiro atoms. The van der Waals surface area contributed by atoms with Crippen molar-refractivity contribution >= 4 is 5.91 Å². The highest BCUT2D eigenvalue weighted by molar-refractivity contribution is 5.95. The van der Waals surface area contributed by atoms with Crippen molar-refractivity contribution in [3.05, 3.63) is 23.0 Å². The topological polar surface area (TPSA) is 25.2 Å². The fourth-order valence-corrected chi connectivity index (χ4v) is 3.06. The predicted molar refractivity (Wildman–Crippen MR) is 74.0 cm³/mol. The number of aromatic nitrogens is 1. The molecule has 0 bridgehead atoms. The number of nitrogens with zero attached hydrogens (tertiary/aromatic N) is 2. The van der Waals surface area contributed by atoms with E-state index in [9.17, 15) is 4.79 Å². The second kappa shape index (κ2) is 5.17. The number of piperidine rings is 1. The number of hydrogen-bond donors (Lipinski definition) is 0. The fourth-order valence-electron chi connectivity index (χ4n) is 3.06. The molecule has 1 aromatic rings. The van der Waals surface area contributed by atoms with Gasteiger partial charge < -0.3 is 9.47 Å². The Morgan fingerprint density at radius 2 is 1.78 bits per heavy atom. The maximum Gasteiger partial charge on any atom is 0.255 e. The van der Waals surface area contributed by atoms with Crippen molar-refractivity contribution in [3.8, 4) is 0 Å². The van der Waals surface area contributed by atoms with E-state index in [1.165, 1.54) is 12.1 Å². The van der Waals surface area contributed by atoms with Gasteiger partial charge in [-0.3, -0.25) is 4.79 Å². The first-order valence-corrected chi connectivity index (χ1v) is 7.00. The molecule has 3 nitrogen and oxygen atoms in total. The van der Waals surface area contributed by atoms with E-state index >= 15 is 0 Å². The number of rotatable bonds is 2. The number of amides is 1. The highest BCUT2D eigenvalue weighted by Gasteiger charge is 2.23. The summed E-state index contributed by atoms with van der Waals surface area (Å²) in [6.07, 6.45) is 3.55. The van der Waals surface area contributed by atoms with Crippen LogP contribution >= 0.6 is 0 Å². The van der Waals surface area contributed by atoms with Crippen LogP contribution in [0.1, 0.15) is 60.9 Å². The Labute approximate surface area is 110 Å². The summed E-state index contributed by atoms with van der Waals surface area (Å²) in [7, 11) is 0. The summed E-state index contributed by atoms with van der Waals surface area (Å²) in [5.74, 6) is 0.217. The summed E-state index contributed by atoms with van der Waals surface area (Å²) in [5.41, 5.74) is 3.18. The first-order chi connectivity index (χ1) is 8.52. The van der Waals surface area contributed by atoms with E-state index in [0.717, 1.165) is 37.2 Å². The molecule has 1 aliphatic rings. The van der Waals surface area contributed by atoms with Crippen molar-refractivity contribution in [1.29, 1.82) is 0 Å². The van der Waals surface area contributed by atoms with Crippen molar-refractivity contribution in [3.63, 3.8) is 0 Å². The van der Waals surface area contributed by atoms with E-state index in [-0.39, 0.29) is 5.91 Å². The Balaban J connectivity index is 2.28. The minimum atomic E-state index is 0.217. The Morgan fingerprint density at radius 3 is 2.28 bits per heavy atom. The van der Waals surface area contributed by atoms with Gasteiger partial charge in [-0.1, -0.05) is 0 Å². The van der Waals surface area contributed by atoms with Crippen LogP contribution in [0.4, 0.5) is 0 Å². The Bertz CT molecular complexity index is 440. The molecule has 0 radical (unpaired) electrons. The minimum absolute atomic E-state index is 0.217. The Kier molecular flexibility index (Phi) is 3.79. The SMILES string of the molecule is Cc1cc(C(=O)N2CCCCC2)c(C)n1C(C)C. The van der Waals surface area contributed by atoms with Gasteiger partial charge in [0.2, 0.25) is 0 Å². The number of carbonyl (C=O) groups is 1. The van der Waals surface area contributed by atoms with Gasteiger partial charge in [0.1, 0.15) is 0 Å². The molecule has 0 saturated carbocycles. The quantitative estimate of drug-likeness (QED) is 0.788. The number of aryl methyl sites for hydroxylation is 1. The van der Waals surface area contributed by atoms with Gasteiger partial charge in [0, 0.05) is 30.5 Å². The molecule has 18 heavy (non-hydrogen) atoms. The smallest absolute Gasteiger partial charge is 0.255 e. The standard InChI is InChI=1S/C15H24N2O/c1-11(2)17-12(3)10-14(13(17)4)15(18)16-8-6-5-7-9-16/h10-11H,5-9H2,1-4H3. The van der Waals surface area contributed by atoms with Crippen LogP contribution < -0.4 is 0 Å². The maximum absolute atomic E-state index is 12.5. The molecule has 0 N–H and O–H groups in total. The molecule has 1 saturated heterocycles. The number of hydrogen-bond acceptors (Lipinski definition) is 1. The van der Waals surface area contributed by atoms with Crippen molar-refractivity contribution in [2.45, 2.75) is 53.0 Å². The summed E-state index contributed by atoms with van der Waals surface area (Å²) < 4.78 is 2.25.